The third-order valence-corrected chi connectivity index (χ3v) is 23.6. The zero-order valence-corrected chi connectivity index (χ0v) is 32.3. The van der Waals surface area contributed by atoms with Gasteiger partial charge in [-0.2, -0.15) is 0 Å². The van der Waals surface area contributed by atoms with E-state index in [0.29, 0.717) is 13.0 Å². The number of amides is 1. The fraction of sp³-hybridized carbons (Fsp3) is 0.595. The second-order valence-corrected chi connectivity index (χ2v) is 25.5. The van der Waals surface area contributed by atoms with Crippen molar-refractivity contribution >= 4 is 30.5 Å². The summed E-state index contributed by atoms with van der Waals surface area (Å²) in [6.07, 6.45) is 9.40. The van der Waals surface area contributed by atoms with Crippen LogP contribution in [0.2, 0.25) is 13.3 Å². The molecule has 0 N–H and O–H groups in total. The summed E-state index contributed by atoms with van der Waals surface area (Å²) in [5, 5.41) is 13.8. The van der Waals surface area contributed by atoms with Gasteiger partial charge in [-0.3, -0.25) is 0 Å². The van der Waals surface area contributed by atoms with E-state index in [0.717, 1.165) is 40.9 Å². The van der Waals surface area contributed by atoms with Crippen molar-refractivity contribution in [3.63, 3.8) is 0 Å². The molecule has 0 aliphatic carbocycles. The van der Waals surface area contributed by atoms with Crippen LogP contribution in [0.15, 0.2) is 48.5 Å². The molecule has 0 bridgehead atoms. The van der Waals surface area contributed by atoms with Crippen LogP contribution in [0.25, 0.3) is 22.5 Å². The average Bonchev–Trinajstić information content (AvgIpc) is 3.57. The van der Waals surface area contributed by atoms with Crippen molar-refractivity contribution in [2.24, 2.45) is 5.92 Å². The summed E-state index contributed by atoms with van der Waals surface area (Å²) in [4.78, 5) is 27.9. The van der Waals surface area contributed by atoms with E-state index in [2.05, 4.69) is 84.3 Å². The first kappa shape index (κ1) is 37.7. The maximum atomic E-state index is 13.3. The van der Waals surface area contributed by atoms with Gasteiger partial charge in [-0.05, 0) is 6.42 Å². The Kier molecular flexibility index (Phi) is 15.7. The van der Waals surface area contributed by atoms with Gasteiger partial charge in [-0.1, -0.05) is 27.2 Å². The van der Waals surface area contributed by atoms with Crippen LogP contribution in [0.3, 0.4) is 0 Å². The minimum atomic E-state index is -2.98. The maximum absolute atomic E-state index is 13.3. The second kappa shape index (κ2) is 19.2. The van der Waals surface area contributed by atoms with Crippen LogP contribution < -0.4 is 0 Å². The Bertz CT molecular complexity index is 1340. The monoisotopic (exact) mass is 739 g/mol. The van der Waals surface area contributed by atoms with E-state index in [1.165, 1.54) is 58.9 Å². The van der Waals surface area contributed by atoms with Crippen LogP contribution >= 0.6 is 0 Å². The van der Waals surface area contributed by atoms with E-state index in [4.69, 9.17) is 15.0 Å². The number of rotatable bonds is 20. The predicted molar refractivity (Wildman–Crippen MR) is 190 cm³/mol. The first-order valence-corrected chi connectivity index (χ1v) is 24.9. The fourth-order valence-electron chi connectivity index (χ4n) is 6.49. The van der Waals surface area contributed by atoms with E-state index in [1.54, 1.807) is 4.90 Å². The summed E-state index contributed by atoms with van der Waals surface area (Å²) in [6, 6.07) is 16.2. The van der Waals surface area contributed by atoms with Gasteiger partial charge in [-0.25, -0.2) is 4.79 Å². The Morgan fingerprint density at radius 3 is 1.91 bits per heavy atom. The zero-order valence-electron chi connectivity index (χ0n) is 29.4. The minimum absolute atomic E-state index is 0.0174. The Balaban J connectivity index is 2.01. The third kappa shape index (κ3) is 9.64. The minimum Gasteiger partial charge on any atom is -0.467 e. The molecule has 9 heteroatoms. The average molecular weight is 739 g/mol. The molecule has 0 aliphatic heterocycles. The number of aromatic nitrogens is 4. The number of hydrogen-bond donors (Lipinski definition) is 0. The van der Waals surface area contributed by atoms with E-state index in [1.807, 2.05) is 13.8 Å². The van der Waals surface area contributed by atoms with Crippen molar-refractivity contribution in [2.75, 3.05) is 7.11 Å². The fourth-order valence-corrected chi connectivity index (χ4v) is 21.5. The molecule has 0 spiro atoms. The quantitative estimate of drug-likeness (QED) is 0.0850. The van der Waals surface area contributed by atoms with Crippen molar-refractivity contribution in [2.45, 2.75) is 125 Å². The molecule has 3 aromatic rings. The molecule has 0 aliphatic rings. The van der Waals surface area contributed by atoms with Crippen molar-refractivity contribution < 1.29 is 14.3 Å². The van der Waals surface area contributed by atoms with E-state index in [9.17, 15) is 9.59 Å². The van der Waals surface area contributed by atoms with Crippen molar-refractivity contribution in [1.29, 1.82) is 0 Å². The number of methoxy groups -OCH3 is 1. The Labute approximate surface area is 281 Å². The first-order chi connectivity index (χ1) is 22.3. The molecule has 8 nitrogen and oxygen atoms in total. The molecule has 1 atom stereocenters. The van der Waals surface area contributed by atoms with Crippen molar-refractivity contribution in [3.8, 4) is 22.5 Å². The Morgan fingerprint density at radius 1 is 0.826 bits per heavy atom. The predicted octanol–water partition coefficient (Wildman–Crippen LogP) is 8.92. The van der Waals surface area contributed by atoms with Gasteiger partial charge in [0.2, 0.25) is 0 Å². The topological polar surface area (TPSA) is 90.2 Å². The number of tetrazole rings is 1. The van der Waals surface area contributed by atoms with Gasteiger partial charge in [0, 0.05) is 0 Å². The molecule has 0 fully saturated rings. The van der Waals surface area contributed by atoms with Crippen molar-refractivity contribution in [1.82, 2.24) is 23.3 Å². The molecule has 0 radical (unpaired) electrons. The Hall–Kier alpha value is -2.75. The van der Waals surface area contributed by atoms with Gasteiger partial charge in [0.15, 0.2) is 0 Å². The molecule has 0 unspecified atom stereocenters. The molecule has 0 saturated carbocycles. The van der Waals surface area contributed by atoms with Gasteiger partial charge in [0.1, 0.15) is 0 Å². The number of esters is 1. The number of carbonyl (C=O) groups is 2. The molecule has 46 heavy (non-hydrogen) atoms. The number of nitrogens with zero attached hydrogens (tertiary/aromatic N) is 5. The van der Waals surface area contributed by atoms with E-state index in [-0.39, 0.29) is 17.8 Å². The van der Waals surface area contributed by atoms with Crippen LogP contribution in [-0.4, -0.2) is 67.0 Å². The summed E-state index contributed by atoms with van der Waals surface area (Å²) in [7, 11) is 1.39. The molecule has 0 saturated heterocycles. The molecule has 1 aromatic heterocycles. The van der Waals surface area contributed by atoms with E-state index >= 15 is 0 Å². The van der Waals surface area contributed by atoms with Crippen molar-refractivity contribution in [3.05, 3.63) is 54.1 Å². The summed E-state index contributed by atoms with van der Waals surface area (Å²) >= 11 is -2.98. The van der Waals surface area contributed by atoms with Gasteiger partial charge >= 0.3 is 233 Å². The molecule has 252 valence electrons. The number of hydrogen-bond acceptors (Lipinski definition) is 6. The standard InChI is InChI=1S/C25H30N5O3.3C4H9.Sn/c1-5-6-11-22(31)30(23(17(2)3)25(32)33-4)16-18-12-14-19(15-13-18)20-9-7-8-10-21(20)24-26-28-29-27-24;3*1-3-4-2;/h7-10,12-15,17,23H,5-6,11,16H2,1-4H3;3*1,3-4H2,2H3;/q-1;;;;+1/t23-;;;;/m0..../s1. The van der Waals surface area contributed by atoms with Crippen LogP contribution in [0.4, 0.5) is 0 Å². The Morgan fingerprint density at radius 2 is 1.39 bits per heavy atom. The van der Waals surface area contributed by atoms with Crippen LogP contribution in [0.5, 0.6) is 0 Å². The molecule has 1 amide bonds. The van der Waals surface area contributed by atoms with Gasteiger partial charge < -0.3 is 4.74 Å². The van der Waals surface area contributed by atoms with Crippen LogP contribution in [0.1, 0.15) is 105 Å². The molecular weight excluding hydrogens is 681 g/mol. The summed E-state index contributed by atoms with van der Waals surface area (Å²) in [6.45, 7) is 13.2. The number of unbranched alkanes of at least 4 members (excludes halogenated alkanes) is 4. The number of carbonyl (C=O) groups excluding carboxylic acids is 2. The van der Waals surface area contributed by atoms with Gasteiger partial charge in [0.05, 0.1) is 7.11 Å². The van der Waals surface area contributed by atoms with Crippen LogP contribution in [-0.2, 0) is 20.9 Å². The first-order valence-electron chi connectivity index (χ1n) is 17.6. The molecular formula is C37H57N5O3Sn. The summed E-state index contributed by atoms with van der Waals surface area (Å²) in [5.74, 6) is 0.446. The second-order valence-electron chi connectivity index (χ2n) is 13.0. The summed E-state index contributed by atoms with van der Waals surface area (Å²) in [5.41, 5.74) is 4.20. The van der Waals surface area contributed by atoms with Crippen LogP contribution in [0, 0.1) is 5.92 Å². The smallest absolute Gasteiger partial charge is 0.467 e. The number of benzene rings is 2. The van der Waals surface area contributed by atoms with E-state index < -0.39 is 24.7 Å². The zero-order chi connectivity index (χ0) is 33.5. The summed E-state index contributed by atoms with van der Waals surface area (Å²) < 4.78 is 11.3. The number of ether oxygens (including phenoxy) is 1. The van der Waals surface area contributed by atoms with Gasteiger partial charge in [-0.15, -0.1) is 0 Å². The third-order valence-electron chi connectivity index (χ3n) is 9.17. The molecule has 2 aromatic carbocycles. The van der Waals surface area contributed by atoms with Gasteiger partial charge in [0.25, 0.3) is 0 Å². The molecule has 1 heterocycles. The SMILES string of the molecule is CCCCC(=O)N(Cc1ccc(-c2ccccc2-c2nnn[n]2[Sn]([CH2]CCC)([CH2]CCC)[CH2]CCC)cc1)[C@H](C(=O)OC)C(C)C. The normalized spacial score (nSPS) is 12.3. The molecule has 3 rings (SSSR count).